The summed E-state index contributed by atoms with van der Waals surface area (Å²) in [6.07, 6.45) is 2.19. The zero-order valence-electron chi connectivity index (χ0n) is 10.4. The first kappa shape index (κ1) is 11.7. The first-order chi connectivity index (χ1) is 8.24. The van der Waals surface area contributed by atoms with Gasteiger partial charge in [-0.15, -0.1) is 0 Å². The fourth-order valence-electron chi connectivity index (χ4n) is 1.95. The van der Waals surface area contributed by atoms with Crippen molar-refractivity contribution in [3.8, 4) is 0 Å². The summed E-state index contributed by atoms with van der Waals surface area (Å²) >= 11 is 0. The molecule has 0 aliphatic carbocycles. The van der Waals surface area contributed by atoms with Crippen molar-refractivity contribution in [3.63, 3.8) is 0 Å². The average Bonchev–Trinajstić information content (AvgIpc) is 2.33. The molecule has 1 aromatic carbocycles. The number of rotatable bonds is 4. The van der Waals surface area contributed by atoms with Gasteiger partial charge in [0, 0.05) is 17.6 Å². The summed E-state index contributed by atoms with van der Waals surface area (Å²) in [5.41, 5.74) is 4.17. The third-order valence-corrected chi connectivity index (χ3v) is 2.91. The highest BCUT2D eigenvalue weighted by atomic mass is 16.1. The van der Waals surface area contributed by atoms with Crippen molar-refractivity contribution in [1.29, 1.82) is 0 Å². The first-order valence-corrected chi connectivity index (χ1v) is 6.09. The summed E-state index contributed by atoms with van der Waals surface area (Å²) in [6.45, 7) is 4.92. The standard InChI is InChI=1S/C14H18N2O/c1-3-4-9-15-16-11(2)10-12-7-5-6-8-13(12)14(16)17/h5-8,10,15H,3-4,9H2,1-2H3. The van der Waals surface area contributed by atoms with E-state index in [0.717, 1.165) is 35.9 Å². The molecule has 0 fully saturated rings. The molecule has 3 nitrogen and oxygen atoms in total. The van der Waals surface area contributed by atoms with Crippen LogP contribution in [0.3, 0.4) is 0 Å². The topological polar surface area (TPSA) is 34.0 Å². The van der Waals surface area contributed by atoms with Crippen LogP contribution in [0.4, 0.5) is 0 Å². The predicted molar refractivity (Wildman–Crippen MR) is 72.1 cm³/mol. The van der Waals surface area contributed by atoms with Crippen LogP contribution in [0, 0.1) is 6.92 Å². The summed E-state index contributed by atoms with van der Waals surface area (Å²) < 4.78 is 1.65. The fourth-order valence-corrected chi connectivity index (χ4v) is 1.95. The monoisotopic (exact) mass is 230 g/mol. The van der Waals surface area contributed by atoms with Gasteiger partial charge in [-0.25, -0.2) is 4.68 Å². The second-order valence-corrected chi connectivity index (χ2v) is 4.28. The number of hydrogen-bond acceptors (Lipinski definition) is 2. The Hall–Kier alpha value is -1.77. The second-order valence-electron chi connectivity index (χ2n) is 4.28. The summed E-state index contributed by atoms with van der Waals surface area (Å²) in [5.74, 6) is 0. The number of unbranched alkanes of at least 4 members (excludes halogenated alkanes) is 1. The van der Waals surface area contributed by atoms with E-state index < -0.39 is 0 Å². The minimum Gasteiger partial charge on any atom is -0.323 e. The summed E-state index contributed by atoms with van der Waals surface area (Å²) in [7, 11) is 0. The number of nitrogens with one attached hydrogen (secondary N) is 1. The summed E-state index contributed by atoms with van der Waals surface area (Å²) in [4.78, 5) is 12.2. The van der Waals surface area contributed by atoms with Crippen molar-refractivity contribution in [3.05, 3.63) is 46.4 Å². The lowest BCUT2D eigenvalue weighted by Crippen LogP contribution is -2.31. The van der Waals surface area contributed by atoms with Gasteiger partial charge in [0.2, 0.25) is 0 Å². The number of benzene rings is 1. The van der Waals surface area contributed by atoms with Gasteiger partial charge in [-0.05, 0) is 30.9 Å². The van der Waals surface area contributed by atoms with Gasteiger partial charge in [0.15, 0.2) is 0 Å². The molecule has 0 aliphatic rings. The van der Waals surface area contributed by atoms with E-state index in [1.54, 1.807) is 4.68 Å². The minimum atomic E-state index is 0.0386. The van der Waals surface area contributed by atoms with Crippen molar-refractivity contribution in [2.24, 2.45) is 0 Å². The smallest absolute Gasteiger partial charge is 0.276 e. The molecule has 0 aliphatic heterocycles. The van der Waals surface area contributed by atoms with Crippen molar-refractivity contribution in [1.82, 2.24) is 4.68 Å². The lowest BCUT2D eigenvalue weighted by atomic mass is 10.1. The van der Waals surface area contributed by atoms with Gasteiger partial charge in [0.25, 0.3) is 5.56 Å². The van der Waals surface area contributed by atoms with Crippen LogP contribution in [0.2, 0.25) is 0 Å². The van der Waals surface area contributed by atoms with Gasteiger partial charge in [-0.3, -0.25) is 4.79 Å². The molecule has 3 heteroatoms. The van der Waals surface area contributed by atoms with Crippen molar-refractivity contribution >= 4 is 10.8 Å². The highest BCUT2D eigenvalue weighted by Gasteiger charge is 2.04. The van der Waals surface area contributed by atoms with Gasteiger partial charge in [-0.1, -0.05) is 31.5 Å². The molecule has 0 saturated carbocycles. The Morgan fingerprint density at radius 3 is 2.82 bits per heavy atom. The zero-order chi connectivity index (χ0) is 12.3. The molecule has 0 unspecified atom stereocenters. The molecule has 0 saturated heterocycles. The van der Waals surface area contributed by atoms with E-state index >= 15 is 0 Å². The number of fused-ring (bicyclic) bond motifs is 1. The summed E-state index contributed by atoms with van der Waals surface area (Å²) in [5, 5.41) is 1.77. The normalized spacial score (nSPS) is 10.7. The van der Waals surface area contributed by atoms with Crippen LogP contribution in [-0.2, 0) is 0 Å². The van der Waals surface area contributed by atoms with E-state index in [4.69, 9.17) is 0 Å². The van der Waals surface area contributed by atoms with Crippen LogP contribution >= 0.6 is 0 Å². The van der Waals surface area contributed by atoms with Gasteiger partial charge < -0.3 is 5.43 Å². The minimum absolute atomic E-state index is 0.0386. The molecule has 1 aromatic heterocycles. The quantitative estimate of drug-likeness (QED) is 0.819. The molecular formula is C14H18N2O. The van der Waals surface area contributed by atoms with E-state index in [1.807, 2.05) is 37.3 Å². The molecule has 0 spiro atoms. The molecular weight excluding hydrogens is 212 g/mol. The Morgan fingerprint density at radius 1 is 1.29 bits per heavy atom. The van der Waals surface area contributed by atoms with Gasteiger partial charge >= 0.3 is 0 Å². The number of aromatic nitrogens is 1. The molecule has 90 valence electrons. The lowest BCUT2D eigenvalue weighted by molar-refractivity contribution is 0.725. The van der Waals surface area contributed by atoms with Crippen molar-refractivity contribution in [2.45, 2.75) is 26.7 Å². The fraction of sp³-hybridized carbons (Fsp3) is 0.357. The summed E-state index contributed by atoms with van der Waals surface area (Å²) in [6, 6.07) is 9.73. The van der Waals surface area contributed by atoms with Gasteiger partial charge in [0.1, 0.15) is 0 Å². The van der Waals surface area contributed by atoms with Crippen LogP contribution in [-0.4, -0.2) is 11.2 Å². The highest BCUT2D eigenvalue weighted by molar-refractivity contribution is 5.81. The largest absolute Gasteiger partial charge is 0.323 e. The molecule has 0 bridgehead atoms. The molecule has 0 amide bonds. The predicted octanol–water partition coefficient (Wildman–Crippen LogP) is 2.65. The maximum absolute atomic E-state index is 12.2. The number of hydrogen-bond donors (Lipinski definition) is 1. The lowest BCUT2D eigenvalue weighted by Gasteiger charge is -2.13. The molecule has 1 heterocycles. The molecule has 2 rings (SSSR count). The second kappa shape index (κ2) is 5.04. The third-order valence-electron chi connectivity index (χ3n) is 2.91. The van der Waals surface area contributed by atoms with Crippen molar-refractivity contribution < 1.29 is 0 Å². The van der Waals surface area contributed by atoms with Gasteiger partial charge in [0.05, 0.1) is 0 Å². The Kier molecular flexibility index (Phi) is 3.47. The SMILES string of the molecule is CCCCNn1c(C)cc2ccccc2c1=O. The Bertz CT molecular complexity index is 572. The van der Waals surface area contributed by atoms with Crippen LogP contribution < -0.4 is 11.0 Å². The van der Waals surface area contributed by atoms with E-state index in [2.05, 4.69) is 12.3 Å². The average molecular weight is 230 g/mol. The first-order valence-electron chi connectivity index (χ1n) is 6.09. The van der Waals surface area contributed by atoms with E-state index in [0.29, 0.717) is 0 Å². The third kappa shape index (κ3) is 2.33. The maximum Gasteiger partial charge on any atom is 0.276 e. The van der Waals surface area contributed by atoms with E-state index in [9.17, 15) is 4.79 Å². The number of aryl methyl sites for hydroxylation is 1. The van der Waals surface area contributed by atoms with Crippen molar-refractivity contribution in [2.75, 3.05) is 12.0 Å². The Balaban J connectivity index is 2.45. The Labute approximate surface area is 101 Å². The molecule has 0 atom stereocenters. The number of pyridine rings is 1. The van der Waals surface area contributed by atoms with Crippen LogP contribution in [0.25, 0.3) is 10.8 Å². The molecule has 17 heavy (non-hydrogen) atoms. The van der Waals surface area contributed by atoms with E-state index in [1.165, 1.54) is 0 Å². The van der Waals surface area contributed by atoms with E-state index in [-0.39, 0.29) is 5.56 Å². The molecule has 2 aromatic rings. The molecule has 1 N–H and O–H groups in total. The van der Waals surface area contributed by atoms with Crippen LogP contribution in [0.5, 0.6) is 0 Å². The Morgan fingerprint density at radius 2 is 2.06 bits per heavy atom. The van der Waals surface area contributed by atoms with Crippen LogP contribution in [0.1, 0.15) is 25.5 Å². The highest BCUT2D eigenvalue weighted by Crippen LogP contribution is 2.10. The van der Waals surface area contributed by atoms with Gasteiger partial charge in [-0.2, -0.15) is 0 Å². The van der Waals surface area contributed by atoms with Crippen LogP contribution in [0.15, 0.2) is 35.1 Å². The number of nitrogens with zero attached hydrogens (tertiary/aromatic N) is 1. The maximum atomic E-state index is 12.2. The zero-order valence-corrected chi connectivity index (χ0v) is 10.4. The molecule has 0 radical (unpaired) electrons.